The van der Waals surface area contributed by atoms with Gasteiger partial charge >= 0.3 is 0 Å². The second-order valence-corrected chi connectivity index (χ2v) is 5.85. The van der Waals surface area contributed by atoms with Crippen LogP contribution < -0.4 is 5.43 Å². The zero-order chi connectivity index (χ0) is 17.7. The second kappa shape index (κ2) is 8.22. The van der Waals surface area contributed by atoms with Crippen LogP contribution in [0.5, 0.6) is 0 Å². The summed E-state index contributed by atoms with van der Waals surface area (Å²) < 4.78 is 52.2. The first kappa shape index (κ1) is 18.4. The molecule has 1 amide bonds. The molecular weight excluding hydrogens is 443 g/mol. The summed E-state index contributed by atoms with van der Waals surface area (Å²) in [6, 6.07) is 7.83. The first-order chi connectivity index (χ1) is 11.4. The average molecular weight is 454 g/mol. The predicted molar refractivity (Wildman–Crippen MR) is 87.0 cm³/mol. The number of aromatic nitrogens is 2. The van der Waals surface area contributed by atoms with E-state index in [0.717, 1.165) is 9.13 Å². The highest BCUT2D eigenvalue weighted by molar-refractivity contribution is 14.1. The minimum Gasteiger partial charge on any atom is -0.271 e. The van der Waals surface area contributed by atoms with Gasteiger partial charge in [-0.3, -0.25) is 9.48 Å². The zero-order valence-corrected chi connectivity index (χ0v) is 14.1. The second-order valence-electron chi connectivity index (χ2n) is 4.60. The van der Waals surface area contributed by atoms with Crippen molar-refractivity contribution in [2.75, 3.05) is 0 Å². The number of hydrazone groups is 1. The molecule has 0 saturated heterocycles. The molecule has 0 aliphatic rings. The van der Waals surface area contributed by atoms with Crippen LogP contribution in [0.4, 0.5) is 17.6 Å². The van der Waals surface area contributed by atoms with Gasteiger partial charge in [0.2, 0.25) is 0 Å². The number of carbonyl (C=O) groups is 1. The van der Waals surface area contributed by atoms with E-state index in [0.29, 0.717) is 10.7 Å². The Morgan fingerprint density at radius 1 is 1.29 bits per heavy atom. The van der Waals surface area contributed by atoms with Crippen LogP contribution in [0.25, 0.3) is 0 Å². The van der Waals surface area contributed by atoms with E-state index in [1.165, 1.54) is 6.21 Å². The summed E-state index contributed by atoms with van der Waals surface area (Å²) in [5, 5.41) is 7.01. The minimum absolute atomic E-state index is 0.544. The van der Waals surface area contributed by atoms with E-state index < -0.39 is 36.7 Å². The molecule has 5 nitrogen and oxygen atoms in total. The lowest BCUT2D eigenvalue weighted by Gasteiger charge is -2.05. The quantitative estimate of drug-likeness (QED) is 0.315. The molecule has 1 aromatic heterocycles. The van der Waals surface area contributed by atoms with Crippen LogP contribution in [0, 0.1) is 3.57 Å². The summed E-state index contributed by atoms with van der Waals surface area (Å²) in [6.45, 7) is -0.643. The normalized spacial score (nSPS) is 11.6. The summed E-state index contributed by atoms with van der Waals surface area (Å²) in [5.41, 5.74) is 1.32. The third kappa shape index (κ3) is 5.01. The first-order valence-corrected chi connectivity index (χ1v) is 7.66. The Morgan fingerprint density at radius 2 is 2.04 bits per heavy atom. The van der Waals surface area contributed by atoms with Gasteiger partial charge in [-0.2, -0.15) is 10.2 Å². The average Bonchev–Trinajstić information content (AvgIpc) is 2.91. The topological polar surface area (TPSA) is 59.3 Å². The molecule has 0 radical (unpaired) electrons. The number of carbonyl (C=O) groups excluding carboxylic acids is 1. The highest BCUT2D eigenvalue weighted by Gasteiger charge is 2.22. The molecule has 1 heterocycles. The van der Waals surface area contributed by atoms with E-state index >= 15 is 0 Å². The van der Waals surface area contributed by atoms with Crippen LogP contribution in [0.1, 0.15) is 29.8 Å². The van der Waals surface area contributed by atoms with E-state index in [2.05, 4.69) is 38.2 Å². The van der Waals surface area contributed by atoms with E-state index in [4.69, 9.17) is 0 Å². The fourth-order valence-electron chi connectivity index (χ4n) is 1.80. The van der Waals surface area contributed by atoms with Crippen LogP contribution in [0.15, 0.2) is 35.4 Å². The maximum Gasteiger partial charge on any atom is 0.282 e. The number of halogens is 5. The van der Waals surface area contributed by atoms with Crippen molar-refractivity contribution in [2.24, 2.45) is 5.10 Å². The fourth-order valence-corrected chi connectivity index (χ4v) is 2.37. The third-order valence-electron chi connectivity index (χ3n) is 2.82. The van der Waals surface area contributed by atoms with Crippen molar-refractivity contribution in [3.8, 4) is 0 Å². The van der Waals surface area contributed by atoms with Crippen LogP contribution in [0.3, 0.4) is 0 Å². The van der Waals surface area contributed by atoms with Crippen molar-refractivity contribution in [3.05, 3.63) is 50.9 Å². The van der Waals surface area contributed by atoms with Gasteiger partial charge in [-0.25, -0.2) is 23.0 Å². The Bertz CT molecular complexity index is 748. The van der Waals surface area contributed by atoms with Crippen LogP contribution in [-0.2, 0) is 11.3 Å². The lowest BCUT2D eigenvalue weighted by molar-refractivity contribution is -0.121. The predicted octanol–water partition coefficient (Wildman–Crippen LogP) is 3.51. The summed E-state index contributed by atoms with van der Waals surface area (Å²) in [6.07, 6.45) is -4.64. The third-order valence-corrected chi connectivity index (χ3v) is 3.49. The highest BCUT2D eigenvalue weighted by Crippen LogP contribution is 2.24. The molecule has 0 spiro atoms. The molecular formula is C14H11F4IN4O. The molecule has 128 valence electrons. The Morgan fingerprint density at radius 3 is 2.67 bits per heavy atom. The first-order valence-electron chi connectivity index (χ1n) is 6.58. The highest BCUT2D eigenvalue weighted by atomic mass is 127. The number of nitrogens with one attached hydrogen (secondary N) is 1. The van der Waals surface area contributed by atoms with Crippen molar-refractivity contribution >= 4 is 34.7 Å². The van der Waals surface area contributed by atoms with Gasteiger partial charge in [-0.15, -0.1) is 0 Å². The molecule has 10 heteroatoms. The smallest absolute Gasteiger partial charge is 0.271 e. The molecule has 24 heavy (non-hydrogen) atoms. The molecule has 0 bridgehead atoms. The van der Waals surface area contributed by atoms with Crippen molar-refractivity contribution in [1.82, 2.24) is 15.2 Å². The summed E-state index contributed by atoms with van der Waals surface area (Å²) in [7, 11) is 0. The lowest BCUT2D eigenvalue weighted by atomic mass is 10.2. The molecule has 1 N–H and O–H groups in total. The SMILES string of the molecule is O=C(Cn1nc(C(F)F)cc1C(F)F)N/N=C\c1cccc(I)c1. The number of hydrogen-bond acceptors (Lipinski definition) is 3. The van der Waals surface area contributed by atoms with Gasteiger partial charge < -0.3 is 0 Å². The molecule has 0 atom stereocenters. The molecule has 2 rings (SSSR count). The lowest BCUT2D eigenvalue weighted by Crippen LogP contribution is -2.25. The van der Waals surface area contributed by atoms with Gasteiger partial charge in [0, 0.05) is 3.57 Å². The minimum atomic E-state index is -3.02. The fraction of sp³-hybridized carbons (Fsp3) is 0.214. The molecule has 0 aliphatic heterocycles. The van der Waals surface area contributed by atoms with Crippen molar-refractivity contribution < 1.29 is 22.4 Å². The van der Waals surface area contributed by atoms with Crippen LogP contribution >= 0.6 is 22.6 Å². The van der Waals surface area contributed by atoms with Crippen LogP contribution in [-0.4, -0.2) is 21.9 Å². The van der Waals surface area contributed by atoms with Gasteiger partial charge in [0.1, 0.15) is 17.9 Å². The van der Waals surface area contributed by atoms with Crippen molar-refractivity contribution in [2.45, 2.75) is 19.4 Å². The summed E-state index contributed by atoms with van der Waals surface area (Å²) in [5.74, 6) is -0.761. The number of benzene rings is 1. The standard InChI is InChI=1S/C14H11F4IN4O/c15-13(16)10-5-11(14(17)18)23(22-10)7-12(24)21-20-6-8-2-1-3-9(19)4-8/h1-6,13-14H,7H2,(H,21,24)/b20-6-. The molecule has 2 aromatic rings. The number of nitrogens with zero attached hydrogens (tertiary/aromatic N) is 3. The van der Waals surface area contributed by atoms with E-state index in [9.17, 15) is 22.4 Å². The van der Waals surface area contributed by atoms with E-state index in [-0.39, 0.29) is 0 Å². The summed E-state index contributed by atoms with van der Waals surface area (Å²) >= 11 is 2.11. The monoisotopic (exact) mass is 454 g/mol. The van der Waals surface area contributed by atoms with E-state index in [1.54, 1.807) is 12.1 Å². The molecule has 0 saturated carbocycles. The van der Waals surface area contributed by atoms with Crippen molar-refractivity contribution in [1.29, 1.82) is 0 Å². The Kier molecular flexibility index (Phi) is 6.29. The number of rotatable bonds is 6. The van der Waals surface area contributed by atoms with Gasteiger partial charge in [-0.1, -0.05) is 12.1 Å². The van der Waals surface area contributed by atoms with Crippen molar-refractivity contribution in [3.63, 3.8) is 0 Å². The van der Waals surface area contributed by atoms with E-state index in [1.807, 2.05) is 12.1 Å². The maximum absolute atomic E-state index is 12.8. The van der Waals surface area contributed by atoms with Gasteiger partial charge in [0.05, 0.1) is 6.21 Å². The maximum atomic E-state index is 12.8. The van der Waals surface area contributed by atoms with Gasteiger partial charge in [0.15, 0.2) is 0 Å². The van der Waals surface area contributed by atoms with Gasteiger partial charge in [0.25, 0.3) is 18.8 Å². The Balaban J connectivity index is 2.02. The zero-order valence-electron chi connectivity index (χ0n) is 12.0. The molecule has 0 unspecified atom stereocenters. The number of amides is 1. The number of alkyl halides is 4. The molecule has 0 aliphatic carbocycles. The number of hydrogen-bond donors (Lipinski definition) is 1. The molecule has 0 fully saturated rings. The Hall–Kier alpha value is -1.98. The molecule has 1 aromatic carbocycles. The van der Waals surface area contributed by atoms with Crippen LogP contribution in [0.2, 0.25) is 0 Å². The Labute approximate surface area is 147 Å². The summed E-state index contributed by atoms with van der Waals surface area (Å²) in [4.78, 5) is 11.7. The largest absolute Gasteiger partial charge is 0.282 e. The van der Waals surface area contributed by atoms with Gasteiger partial charge in [-0.05, 0) is 46.4 Å².